The molecule has 1 aromatic heterocycles. The zero-order chi connectivity index (χ0) is 16.4. The summed E-state index contributed by atoms with van der Waals surface area (Å²) in [5.41, 5.74) is 0.785. The van der Waals surface area contributed by atoms with Gasteiger partial charge in [0.2, 0.25) is 5.78 Å². The van der Waals surface area contributed by atoms with Crippen molar-refractivity contribution >= 4 is 49.0 Å². The van der Waals surface area contributed by atoms with E-state index in [4.69, 9.17) is 0 Å². The third kappa shape index (κ3) is 3.00. The minimum atomic E-state index is -0.539. The monoisotopic (exact) mass is 325 g/mol. The fourth-order valence-corrected chi connectivity index (χ4v) is 3.51. The van der Waals surface area contributed by atoms with Gasteiger partial charge in [0.15, 0.2) is 0 Å². The molecule has 0 aliphatic rings. The van der Waals surface area contributed by atoms with Crippen molar-refractivity contribution in [2.45, 2.75) is 20.3 Å². The normalized spacial score (nSPS) is 11.8. The lowest BCUT2D eigenvalue weighted by Gasteiger charge is -2.03. The summed E-state index contributed by atoms with van der Waals surface area (Å²) in [4.78, 5) is 28.1. The molecule has 0 saturated carbocycles. The molecular formula is C18H15NO3S. The van der Waals surface area contributed by atoms with Crippen molar-refractivity contribution in [1.29, 1.82) is 0 Å². The molecule has 3 rings (SSSR count). The molecule has 0 atom stereocenters. The Labute approximate surface area is 137 Å². The van der Waals surface area contributed by atoms with E-state index in [1.54, 1.807) is 24.3 Å². The molecule has 2 aromatic carbocycles. The van der Waals surface area contributed by atoms with Crippen LogP contribution in [0.3, 0.4) is 0 Å². The van der Waals surface area contributed by atoms with Gasteiger partial charge in [-0.1, -0.05) is 30.3 Å². The molecule has 0 amide bonds. The Hall–Kier alpha value is -2.53. The van der Waals surface area contributed by atoms with Crippen LogP contribution in [0.15, 0.2) is 47.6 Å². The highest BCUT2D eigenvalue weighted by atomic mass is 32.1. The molecule has 0 fully saturated rings. The summed E-state index contributed by atoms with van der Waals surface area (Å²) < 4.78 is 2.33. The summed E-state index contributed by atoms with van der Waals surface area (Å²) >= 11 is 1.70. The van der Waals surface area contributed by atoms with Gasteiger partial charge >= 0.3 is 5.97 Å². The zero-order valence-electron chi connectivity index (χ0n) is 12.8. The number of hydrogen-bond acceptors (Lipinski definition) is 5. The maximum Gasteiger partial charge on any atom is 0.331 e. The number of oxime groups is 1. The molecule has 0 unspecified atom stereocenters. The number of rotatable bonds is 4. The second kappa shape index (κ2) is 6.30. The van der Waals surface area contributed by atoms with Crippen LogP contribution in [0.2, 0.25) is 0 Å². The van der Waals surface area contributed by atoms with Crippen LogP contribution < -0.4 is 0 Å². The van der Waals surface area contributed by atoms with Gasteiger partial charge in [0.25, 0.3) is 0 Å². The van der Waals surface area contributed by atoms with E-state index in [-0.39, 0.29) is 11.5 Å². The second-order valence-electron chi connectivity index (χ2n) is 5.11. The SMILES string of the molecule is CC/C(=N/OC(C)=O)C(=O)c1ccc2sc3ccccc3c2c1. The fourth-order valence-electron chi connectivity index (χ4n) is 2.42. The van der Waals surface area contributed by atoms with Crippen molar-refractivity contribution in [2.75, 3.05) is 0 Å². The van der Waals surface area contributed by atoms with Crippen LogP contribution in [-0.4, -0.2) is 17.5 Å². The number of carbonyl (C=O) groups is 2. The molecule has 4 nitrogen and oxygen atoms in total. The number of benzene rings is 2. The highest BCUT2D eigenvalue weighted by Gasteiger charge is 2.15. The Bertz CT molecular complexity index is 940. The lowest BCUT2D eigenvalue weighted by molar-refractivity contribution is -0.140. The third-order valence-electron chi connectivity index (χ3n) is 3.52. The molecule has 0 N–H and O–H groups in total. The Morgan fingerprint density at radius 1 is 1.09 bits per heavy atom. The van der Waals surface area contributed by atoms with E-state index in [0.717, 1.165) is 15.5 Å². The largest absolute Gasteiger partial charge is 0.331 e. The van der Waals surface area contributed by atoms with Crippen LogP contribution >= 0.6 is 11.3 Å². The van der Waals surface area contributed by atoms with Crippen molar-refractivity contribution in [3.8, 4) is 0 Å². The molecule has 0 saturated heterocycles. The highest BCUT2D eigenvalue weighted by molar-refractivity contribution is 7.25. The zero-order valence-corrected chi connectivity index (χ0v) is 13.6. The van der Waals surface area contributed by atoms with Crippen molar-refractivity contribution in [1.82, 2.24) is 0 Å². The molecule has 3 aromatic rings. The topological polar surface area (TPSA) is 55.7 Å². The van der Waals surface area contributed by atoms with Gasteiger partial charge in [-0.2, -0.15) is 0 Å². The summed E-state index contributed by atoms with van der Waals surface area (Å²) in [5.74, 6) is -0.756. The molecule has 5 heteroatoms. The number of hydrogen-bond donors (Lipinski definition) is 0. The molecule has 116 valence electrons. The van der Waals surface area contributed by atoms with Gasteiger partial charge < -0.3 is 4.84 Å². The highest BCUT2D eigenvalue weighted by Crippen LogP contribution is 2.34. The van der Waals surface area contributed by atoms with Gasteiger partial charge in [0.05, 0.1) is 0 Å². The van der Waals surface area contributed by atoms with E-state index in [9.17, 15) is 9.59 Å². The van der Waals surface area contributed by atoms with Gasteiger partial charge in [-0.05, 0) is 30.7 Å². The Kier molecular flexibility index (Phi) is 4.21. The summed E-state index contributed by atoms with van der Waals surface area (Å²) in [6, 6.07) is 13.7. The van der Waals surface area contributed by atoms with E-state index in [1.807, 2.05) is 24.3 Å². The predicted octanol–water partition coefficient (Wildman–Crippen LogP) is 4.57. The lowest BCUT2D eigenvalue weighted by Crippen LogP contribution is -2.14. The van der Waals surface area contributed by atoms with Gasteiger partial charge in [-0.25, -0.2) is 4.79 Å². The number of Topliss-reactive ketones (excluding diaryl/α,β-unsaturated/α-hetero) is 1. The van der Waals surface area contributed by atoms with Crippen LogP contribution in [0.4, 0.5) is 0 Å². The first-order chi connectivity index (χ1) is 11.1. The van der Waals surface area contributed by atoms with E-state index < -0.39 is 5.97 Å². The van der Waals surface area contributed by atoms with Crippen LogP contribution in [0, 0.1) is 0 Å². The average molecular weight is 325 g/mol. The molecule has 23 heavy (non-hydrogen) atoms. The third-order valence-corrected chi connectivity index (χ3v) is 4.67. The van der Waals surface area contributed by atoms with E-state index in [0.29, 0.717) is 12.0 Å². The van der Waals surface area contributed by atoms with Crippen LogP contribution in [0.1, 0.15) is 30.6 Å². The van der Waals surface area contributed by atoms with Crippen molar-refractivity contribution in [2.24, 2.45) is 5.16 Å². The molecule has 0 bridgehead atoms. The second-order valence-corrected chi connectivity index (χ2v) is 6.20. The maximum atomic E-state index is 12.6. The van der Waals surface area contributed by atoms with Crippen LogP contribution in [-0.2, 0) is 9.63 Å². The average Bonchev–Trinajstić information content (AvgIpc) is 2.92. The van der Waals surface area contributed by atoms with Gasteiger partial charge in [-0.15, -0.1) is 11.3 Å². The predicted molar refractivity (Wildman–Crippen MR) is 93.2 cm³/mol. The van der Waals surface area contributed by atoms with Gasteiger partial charge in [-0.3, -0.25) is 4.79 Å². The van der Waals surface area contributed by atoms with E-state index in [1.165, 1.54) is 11.6 Å². The molecule has 0 aliphatic carbocycles. The molecular weight excluding hydrogens is 310 g/mol. The molecule has 0 radical (unpaired) electrons. The fraction of sp³-hybridized carbons (Fsp3) is 0.167. The Morgan fingerprint density at radius 3 is 2.57 bits per heavy atom. The van der Waals surface area contributed by atoms with Crippen molar-refractivity contribution in [3.05, 3.63) is 48.0 Å². The lowest BCUT2D eigenvalue weighted by atomic mass is 10.0. The summed E-state index contributed by atoms with van der Waals surface area (Å²) in [7, 11) is 0. The summed E-state index contributed by atoms with van der Waals surface area (Å²) in [5, 5.41) is 5.86. The van der Waals surface area contributed by atoms with Gasteiger partial charge in [0, 0.05) is 32.7 Å². The molecule has 0 spiro atoms. The number of nitrogens with zero attached hydrogens (tertiary/aromatic N) is 1. The minimum Gasteiger partial charge on any atom is -0.318 e. The van der Waals surface area contributed by atoms with E-state index >= 15 is 0 Å². The van der Waals surface area contributed by atoms with Gasteiger partial charge in [0.1, 0.15) is 5.71 Å². The first-order valence-electron chi connectivity index (χ1n) is 7.30. The Balaban J connectivity index is 2.05. The van der Waals surface area contributed by atoms with Crippen molar-refractivity contribution in [3.63, 3.8) is 0 Å². The Morgan fingerprint density at radius 2 is 1.83 bits per heavy atom. The first kappa shape index (κ1) is 15.4. The maximum absolute atomic E-state index is 12.6. The minimum absolute atomic E-state index is 0.217. The van der Waals surface area contributed by atoms with E-state index in [2.05, 4.69) is 22.1 Å². The number of fused-ring (bicyclic) bond motifs is 3. The number of ketones is 1. The van der Waals surface area contributed by atoms with Crippen LogP contribution in [0.5, 0.6) is 0 Å². The van der Waals surface area contributed by atoms with Crippen LogP contribution in [0.25, 0.3) is 20.2 Å². The first-order valence-corrected chi connectivity index (χ1v) is 8.12. The number of carbonyl (C=O) groups excluding carboxylic acids is 2. The standard InChI is InChI=1S/C18H15NO3S/c1-3-15(19-22-11(2)20)18(21)12-8-9-17-14(10-12)13-6-4-5-7-16(13)23-17/h4-10H,3H2,1-2H3/b19-15-. The molecule has 0 aliphatic heterocycles. The van der Waals surface area contributed by atoms with Crippen molar-refractivity contribution < 1.29 is 14.4 Å². The summed E-state index contributed by atoms with van der Waals surface area (Å²) in [6.45, 7) is 3.06. The summed E-state index contributed by atoms with van der Waals surface area (Å²) in [6.07, 6.45) is 0.397. The quantitative estimate of drug-likeness (QED) is 0.306. The smallest absolute Gasteiger partial charge is 0.318 e. The molecule has 1 heterocycles. The number of thiophene rings is 1.